The molecule has 12 aromatic carbocycles. The number of amidine groups is 1. The van der Waals surface area contributed by atoms with Gasteiger partial charge in [0.15, 0.2) is 12.0 Å². The molecule has 1 aliphatic heterocycles. The van der Waals surface area contributed by atoms with Crippen molar-refractivity contribution in [3.05, 3.63) is 228 Å². The quantitative estimate of drug-likeness (QED) is 0.162. The van der Waals surface area contributed by atoms with Gasteiger partial charge in [-0.1, -0.05) is 164 Å². The number of aromatic nitrogens is 2. The van der Waals surface area contributed by atoms with Crippen molar-refractivity contribution in [3.8, 4) is 0 Å². The van der Waals surface area contributed by atoms with E-state index < -0.39 is 6.17 Å². The van der Waals surface area contributed by atoms with E-state index >= 15 is 0 Å². The Kier molecular flexibility index (Phi) is 8.06. The minimum Gasteiger partial charge on any atom is -0.319 e. The molecule has 1 aliphatic rings. The van der Waals surface area contributed by atoms with Gasteiger partial charge in [0.05, 0.1) is 27.8 Å². The molecule has 2 aromatic heterocycles. The number of allylic oxidation sites excluding steroid dienone is 1. The number of rotatable bonds is 4. The lowest BCUT2D eigenvalue weighted by atomic mass is 9.92. The summed E-state index contributed by atoms with van der Waals surface area (Å²) in [5.41, 5.74) is 7.52. The monoisotopic (exact) mass is 893 g/mol. The van der Waals surface area contributed by atoms with E-state index in [9.17, 15) is 0 Å². The molecule has 328 valence electrons. The molecule has 0 saturated heterocycles. The third kappa shape index (κ3) is 5.32. The Balaban J connectivity index is 1.04. The van der Waals surface area contributed by atoms with Gasteiger partial charge in [-0.15, -0.1) is 0 Å². The summed E-state index contributed by atoms with van der Waals surface area (Å²) in [4.78, 5) is 13.8. The molecule has 0 amide bonds. The second-order valence-electron chi connectivity index (χ2n) is 18.9. The molecule has 1 unspecified atom stereocenters. The van der Waals surface area contributed by atoms with Crippen molar-refractivity contribution in [2.24, 2.45) is 9.98 Å². The molecule has 0 spiro atoms. The first kappa shape index (κ1) is 39.0. The molecule has 1 atom stereocenters. The van der Waals surface area contributed by atoms with Crippen molar-refractivity contribution in [2.75, 3.05) is 7.05 Å². The van der Waals surface area contributed by atoms with E-state index in [0.29, 0.717) is 5.84 Å². The predicted molar refractivity (Wildman–Crippen MR) is 297 cm³/mol. The second kappa shape index (κ2) is 14.5. The van der Waals surface area contributed by atoms with Crippen molar-refractivity contribution in [3.63, 3.8) is 0 Å². The third-order valence-corrected chi connectivity index (χ3v) is 15.3. The van der Waals surface area contributed by atoms with Crippen LogP contribution in [0.3, 0.4) is 0 Å². The fraction of sp³-hybridized carbons (Fsp3) is 0.0462. The fourth-order valence-corrected chi connectivity index (χ4v) is 12.2. The minimum absolute atomic E-state index is 0.408. The lowest BCUT2D eigenvalue weighted by molar-refractivity contribution is 0.373. The van der Waals surface area contributed by atoms with Crippen LogP contribution in [-0.2, 0) is 0 Å². The maximum Gasteiger partial charge on any atom is 0.214 e. The summed E-state index contributed by atoms with van der Waals surface area (Å²) >= 11 is 0. The lowest BCUT2D eigenvalue weighted by Gasteiger charge is -2.33. The van der Waals surface area contributed by atoms with E-state index in [1.54, 1.807) is 0 Å². The summed E-state index contributed by atoms with van der Waals surface area (Å²) in [5, 5.41) is 21.9. The number of nitrogens with zero attached hydrogens (tertiary/aromatic N) is 5. The van der Waals surface area contributed by atoms with E-state index in [-0.39, 0.29) is 0 Å². The normalized spacial score (nSPS) is 15.4. The summed E-state index contributed by atoms with van der Waals surface area (Å²) in [6, 6.07) is 71.4. The van der Waals surface area contributed by atoms with E-state index in [4.69, 9.17) is 9.98 Å². The Labute approximate surface area is 402 Å². The molecule has 14 aromatic rings. The highest BCUT2D eigenvalue weighted by Crippen LogP contribution is 2.44. The summed E-state index contributed by atoms with van der Waals surface area (Å²) in [7, 11) is 2.17. The van der Waals surface area contributed by atoms with Crippen LogP contribution in [0, 0.1) is 0 Å². The number of aliphatic imine (C=N–C) groups is 2. The Hall–Kier alpha value is -9.06. The topological polar surface area (TPSA) is 37.8 Å². The van der Waals surface area contributed by atoms with Crippen LogP contribution in [0.15, 0.2) is 217 Å². The zero-order chi connectivity index (χ0) is 46.4. The molecule has 0 radical (unpaired) electrons. The van der Waals surface area contributed by atoms with E-state index in [0.717, 1.165) is 76.8 Å². The molecule has 0 aliphatic carbocycles. The van der Waals surface area contributed by atoms with E-state index in [2.05, 4.69) is 235 Å². The molecule has 0 fully saturated rings. The zero-order valence-electron chi connectivity index (χ0n) is 38.7. The van der Waals surface area contributed by atoms with Crippen LogP contribution in [0.1, 0.15) is 24.2 Å². The molecular weight excluding hydrogens is 851 g/mol. The Morgan fingerprint density at radius 1 is 0.500 bits per heavy atom. The van der Waals surface area contributed by atoms with Crippen molar-refractivity contribution >= 4 is 132 Å². The first-order chi connectivity index (χ1) is 34.5. The van der Waals surface area contributed by atoms with Gasteiger partial charge in [0.2, 0.25) is 5.96 Å². The van der Waals surface area contributed by atoms with Crippen molar-refractivity contribution < 1.29 is 0 Å². The van der Waals surface area contributed by atoms with Gasteiger partial charge in [-0.3, -0.25) is 4.57 Å². The number of benzene rings is 12. The molecule has 0 bridgehead atoms. The van der Waals surface area contributed by atoms with Crippen LogP contribution in [0.5, 0.6) is 0 Å². The van der Waals surface area contributed by atoms with Gasteiger partial charge in [0, 0.05) is 39.4 Å². The number of hydrogen-bond donors (Lipinski definition) is 0. The largest absolute Gasteiger partial charge is 0.319 e. The van der Waals surface area contributed by atoms with Gasteiger partial charge < -0.3 is 9.47 Å². The van der Waals surface area contributed by atoms with Crippen molar-refractivity contribution in [2.45, 2.75) is 13.1 Å². The summed E-state index contributed by atoms with van der Waals surface area (Å²) in [6.45, 7) is 6.53. The van der Waals surface area contributed by atoms with Gasteiger partial charge in [-0.2, -0.15) is 4.99 Å². The SMILES string of the molecule is C=C/C(=c1/cccc/c1=C/C)n1c2ccccc2c2c3c(ccc21)c1ccccc1n3C1=NC(c2cc3ccc4cccc5ccc(c2)c3c45)=NC(c2cc3ccc4cccc5ccc(c2)c3c45)N1C. The van der Waals surface area contributed by atoms with Gasteiger partial charge in [-0.05, 0) is 131 Å². The van der Waals surface area contributed by atoms with Gasteiger partial charge in [-0.25, -0.2) is 4.99 Å². The average molecular weight is 894 g/mol. The smallest absolute Gasteiger partial charge is 0.214 e. The molecule has 5 nitrogen and oxygen atoms in total. The van der Waals surface area contributed by atoms with Gasteiger partial charge in [0.1, 0.15) is 0 Å². The fourth-order valence-electron chi connectivity index (χ4n) is 12.2. The lowest BCUT2D eigenvalue weighted by Crippen LogP contribution is -2.39. The molecular formula is C65H43N5. The molecule has 3 heterocycles. The highest BCUT2D eigenvalue weighted by molar-refractivity contribution is 6.30. The standard InChI is InChI=1S/C65H43N5/c1-4-38-14-6-7-19-49(38)53(5-2)69-55-23-11-9-21-52(55)61-56(69)33-32-51-50-20-8-10-22-54(50)70(62(51)61)65-67-63(47-34-43-28-24-39-15-12-16-40-25-29-44(35-47)59(43)57(39)40)66-64(68(65)3)48-36-45-30-26-41-17-13-18-42-27-31-46(37-48)60(45)58(41)42/h4-37,64H,2H2,1,3H3/b38-4-,53-49+. The summed E-state index contributed by atoms with van der Waals surface area (Å²) < 4.78 is 4.82. The van der Waals surface area contributed by atoms with E-state index in [1.165, 1.54) is 64.6 Å². The summed E-state index contributed by atoms with van der Waals surface area (Å²) in [6.07, 6.45) is 3.77. The van der Waals surface area contributed by atoms with Crippen molar-refractivity contribution in [1.82, 2.24) is 14.0 Å². The molecule has 0 N–H and O–H groups in total. The Morgan fingerprint density at radius 3 is 1.67 bits per heavy atom. The average Bonchev–Trinajstić information content (AvgIpc) is 3.93. The molecule has 70 heavy (non-hydrogen) atoms. The summed E-state index contributed by atoms with van der Waals surface area (Å²) in [5.74, 6) is 1.50. The van der Waals surface area contributed by atoms with Crippen LogP contribution >= 0.6 is 0 Å². The molecule has 0 saturated carbocycles. The minimum atomic E-state index is -0.408. The van der Waals surface area contributed by atoms with Gasteiger partial charge >= 0.3 is 0 Å². The van der Waals surface area contributed by atoms with Crippen LogP contribution in [-0.4, -0.2) is 32.9 Å². The van der Waals surface area contributed by atoms with Crippen molar-refractivity contribution in [1.29, 1.82) is 0 Å². The number of hydrogen-bond acceptors (Lipinski definition) is 3. The van der Waals surface area contributed by atoms with Crippen LogP contribution in [0.25, 0.3) is 120 Å². The molecule has 15 rings (SSSR count). The van der Waals surface area contributed by atoms with Crippen LogP contribution in [0.2, 0.25) is 0 Å². The van der Waals surface area contributed by atoms with Crippen LogP contribution < -0.4 is 10.4 Å². The number of fused-ring (bicyclic) bond motifs is 7. The van der Waals surface area contributed by atoms with Gasteiger partial charge in [0.25, 0.3) is 0 Å². The Morgan fingerprint density at radius 2 is 1.04 bits per heavy atom. The van der Waals surface area contributed by atoms with E-state index in [1.807, 2.05) is 6.08 Å². The maximum atomic E-state index is 5.77. The first-order valence-electron chi connectivity index (χ1n) is 24.1. The molecule has 5 heteroatoms. The first-order valence-corrected chi connectivity index (χ1v) is 24.1. The number of para-hydroxylation sites is 2. The predicted octanol–water partition coefficient (Wildman–Crippen LogP) is 14.6. The highest BCUT2D eigenvalue weighted by Gasteiger charge is 2.32. The second-order valence-corrected chi connectivity index (χ2v) is 18.9. The van der Waals surface area contributed by atoms with Crippen LogP contribution in [0.4, 0.5) is 0 Å². The maximum absolute atomic E-state index is 5.77. The Bertz CT molecular complexity index is 4650. The zero-order valence-corrected chi connectivity index (χ0v) is 38.7. The third-order valence-electron chi connectivity index (χ3n) is 15.3. The highest BCUT2D eigenvalue weighted by atomic mass is 15.4.